The van der Waals surface area contributed by atoms with Crippen LogP contribution in [0, 0.1) is 0 Å². The van der Waals surface area contributed by atoms with Gasteiger partial charge in [0.2, 0.25) is 5.91 Å². The van der Waals surface area contributed by atoms with Crippen LogP contribution >= 0.6 is 11.8 Å². The molecule has 1 aromatic heterocycles. The summed E-state index contributed by atoms with van der Waals surface area (Å²) >= 11 is 1.32. The maximum Gasteiger partial charge on any atom is 0.338 e. The molecule has 1 heterocycles. The van der Waals surface area contributed by atoms with E-state index in [1.165, 1.54) is 11.8 Å². The first kappa shape index (κ1) is 21.6. The molecule has 0 bridgehead atoms. The standard InChI is InChI=1S/C22H24N4O3S/c1-4-26-20(16-9-6-5-7-10-16)24-25-22(26)30-14-19(27)23-18-12-8-11-17(13-18)21(28)29-15(2)3/h5-13,15H,4,14H2,1-3H3,(H,23,27). The van der Waals surface area contributed by atoms with Gasteiger partial charge in [-0.25, -0.2) is 4.79 Å². The summed E-state index contributed by atoms with van der Waals surface area (Å²) in [4.78, 5) is 24.5. The zero-order valence-electron chi connectivity index (χ0n) is 17.2. The molecule has 7 nitrogen and oxygen atoms in total. The summed E-state index contributed by atoms with van der Waals surface area (Å²) in [6.45, 7) is 6.29. The topological polar surface area (TPSA) is 86.1 Å². The maximum atomic E-state index is 12.4. The second-order valence-electron chi connectivity index (χ2n) is 6.79. The van der Waals surface area contributed by atoms with E-state index in [1.807, 2.05) is 41.8 Å². The van der Waals surface area contributed by atoms with E-state index in [-0.39, 0.29) is 17.8 Å². The lowest BCUT2D eigenvalue weighted by atomic mass is 10.2. The molecular formula is C22H24N4O3S. The molecule has 0 aliphatic rings. The summed E-state index contributed by atoms with van der Waals surface area (Å²) in [5, 5.41) is 12.0. The van der Waals surface area contributed by atoms with Crippen LogP contribution in [0.5, 0.6) is 0 Å². The number of aromatic nitrogens is 3. The molecular weight excluding hydrogens is 400 g/mol. The third-order valence-electron chi connectivity index (χ3n) is 4.12. The van der Waals surface area contributed by atoms with E-state index < -0.39 is 5.97 Å². The number of carbonyl (C=O) groups excluding carboxylic acids is 2. The Hall–Kier alpha value is -3.13. The smallest absolute Gasteiger partial charge is 0.338 e. The molecule has 1 amide bonds. The van der Waals surface area contributed by atoms with E-state index in [0.717, 1.165) is 11.4 Å². The fourth-order valence-corrected chi connectivity index (χ4v) is 3.62. The quantitative estimate of drug-likeness (QED) is 0.429. The predicted molar refractivity (Wildman–Crippen MR) is 117 cm³/mol. The molecule has 0 saturated carbocycles. The summed E-state index contributed by atoms with van der Waals surface area (Å²) in [6, 6.07) is 16.5. The van der Waals surface area contributed by atoms with E-state index in [0.29, 0.717) is 23.0 Å². The molecule has 30 heavy (non-hydrogen) atoms. The average Bonchev–Trinajstić information content (AvgIpc) is 3.15. The van der Waals surface area contributed by atoms with Crippen LogP contribution in [0.2, 0.25) is 0 Å². The van der Waals surface area contributed by atoms with Gasteiger partial charge in [0.05, 0.1) is 17.4 Å². The van der Waals surface area contributed by atoms with Crippen molar-refractivity contribution < 1.29 is 14.3 Å². The highest BCUT2D eigenvalue weighted by molar-refractivity contribution is 7.99. The second-order valence-corrected chi connectivity index (χ2v) is 7.73. The third kappa shape index (κ3) is 5.48. The van der Waals surface area contributed by atoms with Crippen LogP contribution in [0.15, 0.2) is 59.8 Å². The number of rotatable bonds is 8. The van der Waals surface area contributed by atoms with E-state index >= 15 is 0 Å². The number of amides is 1. The Bertz CT molecular complexity index is 1020. The van der Waals surface area contributed by atoms with Crippen LogP contribution in [-0.2, 0) is 16.1 Å². The first-order valence-corrected chi connectivity index (χ1v) is 10.7. The number of benzene rings is 2. The molecule has 1 N–H and O–H groups in total. The van der Waals surface area contributed by atoms with Gasteiger partial charge < -0.3 is 14.6 Å². The Balaban J connectivity index is 1.63. The summed E-state index contributed by atoms with van der Waals surface area (Å²) in [5.41, 5.74) is 1.92. The minimum Gasteiger partial charge on any atom is -0.459 e. The summed E-state index contributed by atoms with van der Waals surface area (Å²) in [6.07, 6.45) is -0.205. The van der Waals surface area contributed by atoms with Gasteiger partial charge in [0.1, 0.15) is 0 Å². The first-order chi connectivity index (χ1) is 14.5. The highest BCUT2D eigenvalue weighted by Gasteiger charge is 2.15. The fourth-order valence-electron chi connectivity index (χ4n) is 2.81. The number of nitrogens with one attached hydrogen (secondary N) is 1. The molecule has 0 atom stereocenters. The van der Waals surface area contributed by atoms with Gasteiger partial charge in [-0.1, -0.05) is 48.2 Å². The van der Waals surface area contributed by atoms with Gasteiger partial charge in [0.15, 0.2) is 11.0 Å². The monoisotopic (exact) mass is 424 g/mol. The third-order valence-corrected chi connectivity index (χ3v) is 5.09. The van der Waals surface area contributed by atoms with Crippen LogP contribution in [0.3, 0.4) is 0 Å². The number of carbonyl (C=O) groups is 2. The van der Waals surface area contributed by atoms with E-state index in [1.54, 1.807) is 38.1 Å². The van der Waals surface area contributed by atoms with Crippen molar-refractivity contribution in [3.63, 3.8) is 0 Å². The number of hydrogen-bond donors (Lipinski definition) is 1. The minimum atomic E-state index is -0.417. The van der Waals surface area contributed by atoms with Gasteiger partial charge in [-0.3, -0.25) is 4.79 Å². The molecule has 0 fully saturated rings. The van der Waals surface area contributed by atoms with Gasteiger partial charge in [0, 0.05) is 17.8 Å². The Kier molecular flexibility index (Phi) is 7.24. The molecule has 0 unspecified atom stereocenters. The molecule has 8 heteroatoms. The Labute approximate surface area is 179 Å². The van der Waals surface area contributed by atoms with Crippen LogP contribution < -0.4 is 5.32 Å². The molecule has 156 valence electrons. The number of hydrogen-bond acceptors (Lipinski definition) is 6. The lowest BCUT2D eigenvalue weighted by molar-refractivity contribution is -0.113. The van der Waals surface area contributed by atoms with Crippen molar-refractivity contribution in [2.45, 2.75) is 38.6 Å². The average molecular weight is 425 g/mol. The number of anilines is 1. The van der Waals surface area contributed by atoms with E-state index in [9.17, 15) is 9.59 Å². The largest absolute Gasteiger partial charge is 0.459 e. The minimum absolute atomic E-state index is 0.174. The van der Waals surface area contributed by atoms with E-state index in [4.69, 9.17) is 4.74 Å². The Morgan fingerprint density at radius 1 is 1.10 bits per heavy atom. The lowest BCUT2D eigenvalue weighted by Gasteiger charge is -2.10. The highest BCUT2D eigenvalue weighted by Crippen LogP contribution is 2.24. The van der Waals surface area contributed by atoms with Crippen molar-refractivity contribution in [2.75, 3.05) is 11.1 Å². The van der Waals surface area contributed by atoms with Gasteiger partial charge in [-0.05, 0) is 39.0 Å². The summed E-state index contributed by atoms with van der Waals surface area (Å²) in [5.74, 6) is 0.340. The van der Waals surface area contributed by atoms with Gasteiger partial charge in [-0.15, -0.1) is 10.2 Å². The normalized spacial score (nSPS) is 10.8. The molecule has 0 aliphatic carbocycles. The van der Waals surface area contributed by atoms with Crippen molar-refractivity contribution in [1.29, 1.82) is 0 Å². The van der Waals surface area contributed by atoms with Gasteiger partial charge >= 0.3 is 5.97 Å². The summed E-state index contributed by atoms with van der Waals surface area (Å²) in [7, 11) is 0. The molecule has 0 spiro atoms. The van der Waals surface area contributed by atoms with Crippen LogP contribution in [-0.4, -0.2) is 38.5 Å². The van der Waals surface area contributed by atoms with Crippen molar-refractivity contribution in [3.8, 4) is 11.4 Å². The van der Waals surface area contributed by atoms with Crippen molar-refractivity contribution in [3.05, 3.63) is 60.2 Å². The maximum absolute atomic E-state index is 12.4. The predicted octanol–water partition coefficient (Wildman–Crippen LogP) is 4.26. The fraction of sp³-hybridized carbons (Fsp3) is 0.273. The zero-order chi connectivity index (χ0) is 21.5. The number of thioether (sulfide) groups is 1. The van der Waals surface area contributed by atoms with Crippen LogP contribution in [0.25, 0.3) is 11.4 Å². The Morgan fingerprint density at radius 3 is 2.57 bits per heavy atom. The zero-order valence-corrected chi connectivity index (χ0v) is 18.0. The lowest BCUT2D eigenvalue weighted by Crippen LogP contribution is -2.16. The van der Waals surface area contributed by atoms with Crippen LogP contribution in [0.1, 0.15) is 31.1 Å². The SMILES string of the molecule is CCn1c(SCC(=O)Nc2cccc(C(=O)OC(C)C)c2)nnc1-c1ccccc1. The van der Waals surface area contributed by atoms with Crippen molar-refractivity contribution >= 4 is 29.3 Å². The molecule has 0 radical (unpaired) electrons. The Morgan fingerprint density at radius 2 is 1.87 bits per heavy atom. The molecule has 3 rings (SSSR count). The summed E-state index contributed by atoms with van der Waals surface area (Å²) < 4.78 is 7.17. The number of ether oxygens (including phenoxy) is 1. The van der Waals surface area contributed by atoms with Gasteiger partial charge in [0.25, 0.3) is 0 Å². The van der Waals surface area contributed by atoms with Crippen molar-refractivity contribution in [2.24, 2.45) is 0 Å². The molecule has 0 aliphatic heterocycles. The number of esters is 1. The first-order valence-electron chi connectivity index (χ1n) is 9.70. The van der Waals surface area contributed by atoms with Crippen molar-refractivity contribution in [1.82, 2.24) is 14.8 Å². The van der Waals surface area contributed by atoms with E-state index in [2.05, 4.69) is 15.5 Å². The van der Waals surface area contributed by atoms with Crippen LogP contribution in [0.4, 0.5) is 5.69 Å². The molecule has 2 aromatic carbocycles. The number of nitrogens with zero attached hydrogens (tertiary/aromatic N) is 3. The highest BCUT2D eigenvalue weighted by atomic mass is 32.2. The molecule has 3 aromatic rings. The second kappa shape index (κ2) is 10.1. The van der Waals surface area contributed by atoms with Gasteiger partial charge in [-0.2, -0.15) is 0 Å². The molecule has 0 saturated heterocycles.